The molecule has 0 aliphatic rings. The molecule has 0 aliphatic carbocycles. The van der Waals surface area contributed by atoms with Gasteiger partial charge >= 0.3 is 5.63 Å². The van der Waals surface area contributed by atoms with Gasteiger partial charge in [-0.3, -0.25) is 0 Å². The van der Waals surface area contributed by atoms with Crippen LogP contribution < -0.4 is 5.63 Å². The summed E-state index contributed by atoms with van der Waals surface area (Å²) in [6.45, 7) is 1.67. The number of thiophene rings is 1. The Morgan fingerprint density at radius 1 is 1.11 bits per heavy atom. The minimum absolute atomic E-state index is 0.337. The van der Waals surface area contributed by atoms with E-state index in [9.17, 15) is 4.79 Å². The average molecular weight is 439 g/mol. The van der Waals surface area contributed by atoms with Gasteiger partial charge in [-0.1, -0.05) is 28.1 Å². The molecule has 0 aliphatic heterocycles. The minimum atomic E-state index is -0.387. The molecule has 0 saturated heterocycles. The molecule has 0 N–H and O–H groups in total. The van der Waals surface area contributed by atoms with Gasteiger partial charge in [0.15, 0.2) is 11.7 Å². The second-order valence-corrected chi connectivity index (χ2v) is 7.93. The maximum atomic E-state index is 12.3. The van der Waals surface area contributed by atoms with Gasteiger partial charge in [0.25, 0.3) is 0 Å². The number of pyridine rings is 1. The lowest BCUT2D eigenvalue weighted by molar-refractivity contribution is 0.468. The highest BCUT2D eigenvalue weighted by atomic mass is 79.9. The second-order valence-electron chi connectivity index (χ2n) is 6.02. The van der Waals surface area contributed by atoms with E-state index < -0.39 is 0 Å². The molecule has 132 valence electrons. The van der Waals surface area contributed by atoms with Gasteiger partial charge in [0.1, 0.15) is 20.7 Å². The number of nitrogens with zero attached hydrogens (tertiary/aromatic N) is 2. The van der Waals surface area contributed by atoms with Crippen LogP contribution in [-0.4, -0.2) is 9.97 Å². The Morgan fingerprint density at radius 2 is 1.93 bits per heavy atom. The summed E-state index contributed by atoms with van der Waals surface area (Å²) < 4.78 is 12.2. The Bertz CT molecular complexity index is 1350. The second kappa shape index (κ2) is 6.14. The maximum absolute atomic E-state index is 12.3. The normalized spacial score (nSPS) is 11.5. The van der Waals surface area contributed by atoms with Crippen LogP contribution in [0.3, 0.4) is 0 Å². The molecular formula is C20H11BrN2O3S. The molecular weight excluding hydrogens is 428 g/mol. The lowest BCUT2D eigenvalue weighted by atomic mass is 10.0. The Kier molecular flexibility index (Phi) is 3.73. The van der Waals surface area contributed by atoms with Gasteiger partial charge in [0.05, 0.1) is 6.26 Å². The Morgan fingerprint density at radius 3 is 2.67 bits per heavy atom. The van der Waals surface area contributed by atoms with Crippen LogP contribution in [0.25, 0.3) is 43.0 Å². The maximum Gasteiger partial charge on any atom is 0.357 e. The molecule has 0 unspecified atom stereocenters. The van der Waals surface area contributed by atoms with Crippen molar-refractivity contribution in [1.82, 2.24) is 9.97 Å². The summed E-state index contributed by atoms with van der Waals surface area (Å²) in [4.78, 5) is 22.3. The van der Waals surface area contributed by atoms with E-state index >= 15 is 0 Å². The van der Waals surface area contributed by atoms with E-state index in [0.717, 1.165) is 25.8 Å². The number of aryl methyl sites for hydroxylation is 1. The monoisotopic (exact) mass is 438 g/mol. The highest BCUT2D eigenvalue weighted by Crippen LogP contribution is 2.39. The fourth-order valence-electron chi connectivity index (χ4n) is 3.10. The SMILES string of the molecule is Cc1nc2c(sc3nc(-c4ccco4)cc(-c4ccc(Br)cc4)c32)c(=O)o1. The Labute approximate surface area is 165 Å². The van der Waals surface area contributed by atoms with E-state index in [1.807, 2.05) is 42.5 Å². The minimum Gasteiger partial charge on any atom is -0.463 e. The van der Waals surface area contributed by atoms with E-state index in [2.05, 4.69) is 20.9 Å². The molecule has 4 heterocycles. The summed E-state index contributed by atoms with van der Waals surface area (Å²) in [5.74, 6) is 1.01. The molecule has 0 saturated carbocycles. The number of furan rings is 1. The molecule has 0 fully saturated rings. The third-order valence-corrected chi connectivity index (χ3v) is 5.84. The van der Waals surface area contributed by atoms with Crippen molar-refractivity contribution in [2.45, 2.75) is 6.92 Å². The van der Waals surface area contributed by atoms with Crippen molar-refractivity contribution < 1.29 is 8.83 Å². The first kappa shape index (κ1) is 16.4. The lowest BCUT2D eigenvalue weighted by Crippen LogP contribution is -2.00. The number of aromatic nitrogens is 2. The number of halogens is 1. The molecule has 5 nitrogen and oxygen atoms in total. The molecule has 27 heavy (non-hydrogen) atoms. The van der Waals surface area contributed by atoms with E-state index in [-0.39, 0.29) is 5.63 Å². The summed E-state index contributed by atoms with van der Waals surface area (Å²) in [5, 5.41) is 0.851. The molecule has 5 aromatic rings. The summed E-state index contributed by atoms with van der Waals surface area (Å²) in [7, 11) is 0. The fraction of sp³-hybridized carbons (Fsp3) is 0.0500. The smallest absolute Gasteiger partial charge is 0.357 e. The highest BCUT2D eigenvalue weighted by Gasteiger charge is 2.19. The predicted molar refractivity (Wildman–Crippen MR) is 109 cm³/mol. The molecule has 0 amide bonds. The molecule has 0 bridgehead atoms. The van der Waals surface area contributed by atoms with Crippen LogP contribution in [0.1, 0.15) is 5.89 Å². The molecule has 1 aromatic carbocycles. The Hall–Kier alpha value is -2.77. The van der Waals surface area contributed by atoms with Crippen LogP contribution >= 0.6 is 27.3 Å². The van der Waals surface area contributed by atoms with Gasteiger partial charge < -0.3 is 8.83 Å². The van der Waals surface area contributed by atoms with Crippen molar-refractivity contribution in [1.29, 1.82) is 0 Å². The summed E-state index contributed by atoms with van der Waals surface area (Å²) in [6, 6.07) is 13.7. The third-order valence-electron chi connectivity index (χ3n) is 4.26. The van der Waals surface area contributed by atoms with Crippen molar-refractivity contribution in [2.24, 2.45) is 0 Å². The first-order valence-corrected chi connectivity index (χ1v) is 9.76. The lowest BCUT2D eigenvalue weighted by Gasteiger charge is -2.07. The van der Waals surface area contributed by atoms with Gasteiger partial charge in [-0.05, 0) is 41.5 Å². The zero-order valence-corrected chi connectivity index (χ0v) is 16.4. The van der Waals surface area contributed by atoms with Crippen LogP contribution in [0.5, 0.6) is 0 Å². The number of benzene rings is 1. The summed E-state index contributed by atoms with van der Waals surface area (Å²) in [5.41, 5.74) is 2.90. The van der Waals surface area contributed by atoms with Gasteiger partial charge in [-0.25, -0.2) is 14.8 Å². The largest absolute Gasteiger partial charge is 0.463 e. The van der Waals surface area contributed by atoms with Gasteiger partial charge in [-0.15, -0.1) is 11.3 Å². The number of hydrogen-bond donors (Lipinski definition) is 0. The van der Waals surface area contributed by atoms with Gasteiger partial charge in [0.2, 0.25) is 0 Å². The molecule has 0 spiro atoms. The van der Waals surface area contributed by atoms with Crippen molar-refractivity contribution in [3.8, 4) is 22.6 Å². The first-order chi connectivity index (χ1) is 13.1. The van der Waals surface area contributed by atoms with Crippen molar-refractivity contribution in [2.75, 3.05) is 0 Å². The number of fused-ring (bicyclic) bond motifs is 3. The van der Waals surface area contributed by atoms with Crippen molar-refractivity contribution in [3.05, 3.63) is 69.5 Å². The summed E-state index contributed by atoms with van der Waals surface area (Å²) >= 11 is 4.76. The number of hydrogen-bond acceptors (Lipinski definition) is 6. The fourth-order valence-corrected chi connectivity index (χ4v) is 4.38. The topological polar surface area (TPSA) is 69.1 Å². The molecule has 7 heteroatoms. The molecule has 4 aromatic heterocycles. The average Bonchev–Trinajstić information content (AvgIpc) is 3.30. The highest BCUT2D eigenvalue weighted by molar-refractivity contribution is 9.10. The molecule has 5 rings (SSSR count). The van der Waals surface area contributed by atoms with Crippen molar-refractivity contribution >= 4 is 47.7 Å². The standard InChI is InChI=1S/C20H11BrN2O3S/c1-10-22-17-16-13(11-4-6-12(21)7-5-11)9-14(15-3-2-8-25-15)23-19(16)27-18(17)20(24)26-10/h2-9H,1H3. The summed E-state index contributed by atoms with van der Waals surface area (Å²) in [6.07, 6.45) is 1.62. The molecule has 0 radical (unpaired) electrons. The molecule has 0 atom stereocenters. The van der Waals surface area contributed by atoms with E-state index in [4.69, 9.17) is 13.8 Å². The van der Waals surface area contributed by atoms with Crippen LogP contribution in [-0.2, 0) is 0 Å². The van der Waals surface area contributed by atoms with E-state index in [1.165, 1.54) is 11.3 Å². The number of rotatable bonds is 2. The Balaban J connectivity index is 1.94. The van der Waals surface area contributed by atoms with Gasteiger partial charge in [-0.2, -0.15) is 0 Å². The van der Waals surface area contributed by atoms with Crippen LogP contribution in [0.2, 0.25) is 0 Å². The van der Waals surface area contributed by atoms with E-state index in [1.54, 1.807) is 13.2 Å². The first-order valence-electron chi connectivity index (χ1n) is 8.15. The van der Waals surface area contributed by atoms with E-state index in [0.29, 0.717) is 27.6 Å². The predicted octanol–water partition coefficient (Wildman–Crippen LogP) is 5.80. The van der Waals surface area contributed by atoms with Crippen LogP contribution in [0, 0.1) is 6.92 Å². The zero-order chi connectivity index (χ0) is 18.5. The van der Waals surface area contributed by atoms with Gasteiger partial charge in [0, 0.05) is 16.8 Å². The van der Waals surface area contributed by atoms with Crippen LogP contribution in [0.15, 0.2) is 66.8 Å². The van der Waals surface area contributed by atoms with Crippen molar-refractivity contribution in [3.63, 3.8) is 0 Å². The third kappa shape index (κ3) is 2.70. The zero-order valence-electron chi connectivity index (χ0n) is 14.0. The quantitative estimate of drug-likeness (QED) is 0.348. The van der Waals surface area contributed by atoms with Crippen LogP contribution in [0.4, 0.5) is 0 Å².